The Kier molecular flexibility index (Phi) is 14.4. The molecule has 8 bridgehead atoms. The zero-order valence-electron chi connectivity index (χ0n) is 37.3. The summed E-state index contributed by atoms with van der Waals surface area (Å²) >= 11 is 4.08. The van der Waals surface area contributed by atoms with Crippen molar-refractivity contribution in [2.24, 2.45) is 0 Å². The van der Waals surface area contributed by atoms with Crippen LogP contribution in [-0.4, -0.2) is 15.9 Å². The molecule has 11 heteroatoms. The molecule has 70 heavy (non-hydrogen) atoms. The molecule has 0 spiro atoms. The molecule has 0 saturated heterocycles. The summed E-state index contributed by atoms with van der Waals surface area (Å²) in [5.74, 6) is -0.147. The largest absolute Gasteiger partial charge is 2.00 e. The minimum Gasteiger partial charge on any atom is -0.657 e. The van der Waals surface area contributed by atoms with Gasteiger partial charge in [0.1, 0.15) is 5.75 Å². The van der Waals surface area contributed by atoms with E-state index in [0.29, 0.717) is 20.5 Å². The zero-order chi connectivity index (χ0) is 47.6. The number of hydrogen-bond donors (Lipinski definition) is 0. The van der Waals surface area contributed by atoms with Gasteiger partial charge in [-0.1, -0.05) is 159 Å². The molecule has 9 aromatic rings. The van der Waals surface area contributed by atoms with Gasteiger partial charge < -0.3 is 19.1 Å². The maximum Gasteiger partial charge on any atom is 2.00 e. The molecule has 0 atom stereocenters. The summed E-state index contributed by atoms with van der Waals surface area (Å²) < 4.78 is 11.8. The van der Waals surface area contributed by atoms with E-state index in [0.717, 1.165) is 104 Å². The van der Waals surface area contributed by atoms with Crippen LogP contribution in [0.5, 0.6) is 5.75 Å². The Morgan fingerprint density at radius 3 is 1.37 bits per heavy atom. The van der Waals surface area contributed by atoms with E-state index in [-0.39, 0.29) is 21.1 Å². The van der Waals surface area contributed by atoms with Gasteiger partial charge >= 0.3 is 32.7 Å². The van der Waals surface area contributed by atoms with E-state index in [4.69, 9.17) is 29.1 Å². The van der Waals surface area contributed by atoms with Crippen molar-refractivity contribution in [3.05, 3.63) is 222 Å². The van der Waals surface area contributed by atoms with Crippen molar-refractivity contribution in [3.63, 3.8) is 0 Å². The first-order valence-corrected chi connectivity index (χ1v) is 24.0. The standard InChI is InChI=1S/C46H30N4.C13H8I2O4.Pt/c1-2-30-18-20-34(21-19-30)46-41-28-26-39(49-41)44(32-14-8-4-9-15-32)37-24-22-35(47-37)43(31-12-6-3-7-13-31)36-23-25-38(48-36)45(33-16-10-5-11-17-33)40-27-29-42(46)50-40;1-6(2)13(17)18-9-5-8(14)7-3-4-10(16)19-12(7)11(9)15;/h2-29H,1H2;3-5H,1H2,2H3;/q-2;;+2. The Morgan fingerprint density at radius 1 is 0.586 bits per heavy atom. The van der Waals surface area contributed by atoms with E-state index in [9.17, 15) is 9.59 Å². The molecular weight excluding hydrogens is 1280 g/mol. The number of esters is 1. The molecule has 2 aliphatic rings. The number of benzene rings is 5. The number of halogens is 2. The van der Waals surface area contributed by atoms with Crippen LogP contribution in [0.1, 0.15) is 35.3 Å². The van der Waals surface area contributed by atoms with Crippen LogP contribution in [0.3, 0.4) is 0 Å². The average molecular weight is 1320 g/mol. The molecule has 11 rings (SSSR count). The first-order chi connectivity index (χ1) is 33.6. The second-order valence-electron chi connectivity index (χ2n) is 16.1. The number of ether oxygens (including phenoxy) is 1. The van der Waals surface area contributed by atoms with Crippen LogP contribution in [0.4, 0.5) is 0 Å². The third-order valence-corrected chi connectivity index (χ3v) is 13.5. The predicted molar refractivity (Wildman–Crippen MR) is 297 cm³/mol. The van der Waals surface area contributed by atoms with Crippen LogP contribution >= 0.6 is 45.2 Å². The number of carbonyl (C=O) groups excluding carboxylic acids is 1. The Bertz CT molecular complexity index is 3770. The Balaban J connectivity index is 0.000000257. The minimum absolute atomic E-state index is 0. The zero-order valence-corrected chi connectivity index (χ0v) is 43.9. The average Bonchev–Trinajstić information content (AvgIpc) is 4.23. The Hall–Kier alpha value is -6.99. The maximum atomic E-state index is 11.6. The molecule has 2 aliphatic heterocycles. The normalized spacial score (nSPS) is 11.4. The van der Waals surface area contributed by atoms with E-state index in [1.54, 1.807) is 19.1 Å². The topological polar surface area (TPSA) is 110 Å². The molecule has 0 radical (unpaired) electrons. The van der Waals surface area contributed by atoms with Gasteiger partial charge in [0, 0.05) is 20.6 Å². The van der Waals surface area contributed by atoms with Crippen molar-refractivity contribution in [1.29, 1.82) is 0 Å². The van der Waals surface area contributed by atoms with E-state index in [1.165, 1.54) is 6.07 Å². The summed E-state index contributed by atoms with van der Waals surface area (Å²) in [6.45, 7) is 9.05. The summed E-state index contributed by atoms with van der Waals surface area (Å²) in [6.07, 6.45) is 10.2. The van der Waals surface area contributed by atoms with Gasteiger partial charge in [0.05, 0.1) is 26.3 Å². The van der Waals surface area contributed by atoms with Gasteiger partial charge in [-0.25, -0.2) is 19.6 Å². The smallest absolute Gasteiger partial charge is 0.657 e. The SMILES string of the molecule is C=C(C)C(=O)Oc1cc(I)c2ccc(=O)oc2c1I.C=Cc1ccc(-c2c3nc(c(-c4ccccc4)c4ccc([n-]4)c(-c4ccccc4)c4nc(c(-c5ccccc5)c5ccc2[n-]5)C=C4)C=C3)cc1.[Pt+2]. The number of aromatic nitrogens is 4. The molecule has 342 valence electrons. The first-order valence-electron chi connectivity index (χ1n) is 21.9. The Labute approximate surface area is 445 Å². The van der Waals surface area contributed by atoms with E-state index in [1.807, 2.05) is 46.9 Å². The fourth-order valence-corrected chi connectivity index (χ4v) is 9.64. The molecule has 0 amide bonds. The summed E-state index contributed by atoms with van der Waals surface area (Å²) in [6, 6.07) is 52.7. The van der Waals surface area contributed by atoms with Crippen molar-refractivity contribution < 1.29 is 35.0 Å². The van der Waals surface area contributed by atoms with E-state index >= 15 is 0 Å². The number of hydrogen-bond acceptors (Lipinski definition) is 6. The predicted octanol–water partition coefficient (Wildman–Crippen LogP) is 14.7. The third kappa shape index (κ3) is 9.76. The summed E-state index contributed by atoms with van der Waals surface area (Å²) in [4.78, 5) is 44.2. The number of nitrogens with zero attached hydrogens (tertiary/aromatic N) is 4. The van der Waals surface area contributed by atoms with Crippen molar-refractivity contribution in [2.75, 3.05) is 0 Å². The quantitative estimate of drug-likeness (QED) is 0.0510. The van der Waals surface area contributed by atoms with E-state index in [2.05, 4.69) is 181 Å². The van der Waals surface area contributed by atoms with Crippen molar-refractivity contribution in [2.45, 2.75) is 6.92 Å². The van der Waals surface area contributed by atoms with Crippen LogP contribution in [0, 0.1) is 7.14 Å². The van der Waals surface area contributed by atoms with Crippen molar-refractivity contribution in [3.8, 4) is 50.3 Å². The number of rotatable bonds is 7. The van der Waals surface area contributed by atoms with Gasteiger partial charge in [-0.05, 0) is 139 Å². The molecule has 0 unspecified atom stereocenters. The molecule has 0 fully saturated rings. The van der Waals surface area contributed by atoms with Crippen LogP contribution < -0.4 is 20.3 Å². The number of fused-ring (bicyclic) bond motifs is 9. The fourth-order valence-electron chi connectivity index (χ4n) is 8.27. The molecule has 4 aromatic heterocycles. The molecule has 6 heterocycles. The van der Waals surface area contributed by atoms with Gasteiger partial charge in [-0.3, -0.25) is 0 Å². The minimum atomic E-state index is -0.508. The second kappa shape index (κ2) is 20.9. The summed E-state index contributed by atoms with van der Waals surface area (Å²) in [5, 5.41) is 0.805. The van der Waals surface area contributed by atoms with Gasteiger partial charge in [0.2, 0.25) is 0 Å². The fraction of sp³-hybridized carbons (Fsp3) is 0.0169. The molecular formula is C59H38I2N4O4Pt. The van der Waals surface area contributed by atoms with Gasteiger partial charge in [0.25, 0.3) is 0 Å². The summed E-state index contributed by atoms with van der Waals surface area (Å²) in [7, 11) is 0. The molecule has 0 N–H and O–H groups in total. The monoisotopic (exact) mass is 1320 g/mol. The summed E-state index contributed by atoms with van der Waals surface area (Å²) in [5.41, 5.74) is 16.2. The van der Waals surface area contributed by atoms with Crippen LogP contribution in [0.25, 0.3) is 108 Å². The van der Waals surface area contributed by atoms with Crippen LogP contribution in [-0.2, 0) is 25.9 Å². The molecule has 0 aliphatic carbocycles. The molecule has 5 aromatic carbocycles. The van der Waals surface area contributed by atoms with Crippen molar-refractivity contribution >= 4 is 115 Å². The maximum absolute atomic E-state index is 11.6. The Morgan fingerprint density at radius 2 is 0.986 bits per heavy atom. The van der Waals surface area contributed by atoms with Gasteiger partial charge in [-0.15, -0.1) is 22.1 Å². The van der Waals surface area contributed by atoms with E-state index < -0.39 is 11.6 Å². The second-order valence-corrected chi connectivity index (χ2v) is 18.4. The molecule has 8 nitrogen and oxygen atoms in total. The van der Waals surface area contributed by atoms with Crippen LogP contribution in [0.2, 0.25) is 0 Å². The number of carbonyl (C=O) groups is 1. The van der Waals surface area contributed by atoms with Crippen LogP contribution in [0.15, 0.2) is 186 Å². The third-order valence-electron chi connectivity index (χ3n) is 11.5. The first kappa shape index (κ1) is 48.0. The van der Waals surface area contributed by atoms with Gasteiger partial charge in [0.15, 0.2) is 5.58 Å². The van der Waals surface area contributed by atoms with Gasteiger partial charge in [-0.2, -0.15) is 0 Å². The van der Waals surface area contributed by atoms with Crippen molar-refractivity contribution in [1.82, 2.24) is 19.9 Å². The molecule has 0 saturated carbocycles.